The normalized spacial score (nSPS) is 17.2. The van der Waals surface area contributed by atoms with E-state index in [-0.39, 0.29) is 10.6 Å². The predicted octanol–water partition coefficient (Wildman–Crippen LogP) is 2.58. The molecule has 1 aromatic heterocycles. The Morgan fingerprint density at radius 2 is 2.00 bits per heavy atom. The van der Waals surface area contributed by atoms with Crippen molar-refractivity contribution in [3.8, 4) is 0 Å². The van der Waals surface area contributed by atoms with E-state index in [1.54, 1.807) is 13.1 Å². The van der Waals surface area contributed by atoms with Crippen LogP contribution >= 0.6 is 11.3 Å². The Bertz CT molecular complexity index is 588. The molecule has 21 heavy (non-hydrogen) atoms. The van der Waals surface area contributed by atoms with Gasteiger partial charge in [-0.2, -0.15) is 4.31 Å². The number of nitrogens with zero attached hydrogens (tertiary/aromatic N) is 1. The SMILES string of the molecule is CN(CC1CCCCC1)S(=O)(=O)c1ccc(CC(=O)O)s1. The first-order valence-corrected chi connectivity index (χ1v) is 9.42. The molecule has 1 aliphatic rings. The van der Waals surface area contributed by atoms with Gasteiger partial charge in [-0.3, -0.25) is 4.79 Å². The van der Waals surface area contributed by atoms with E-state index in [2.05, 4.69) is 0 Å². The minimum atomic E-state index is -3.49. The standard InChI is InChI=1S/C14H21NO4S2/c1-15(10-11-5-3-2-4-6-11)21(18,19)14-8-7-12(20-14)9-13(16)17/h7-8,11H,2-6,9-10H2,1H3,(H,16,17). The summed E-state index contributed by atoms with van der Waals surface area (Å²) in [6.07, 6.45) is 5.66. The van der Waals surface area contributed by atoms with Crippen LogP contribution < -0.4 is 0 Å². The fraction of sp³-hybridized carbons (Fsp3) is 0.643. The Labute approximate surface area is 129 Å². The lowest BCUT2D eigenvalue weighted by molar-refractivity contribution is -0.136. The van der Waals surface area contributed by atoms with Gasteiger partial charge in [-0.1, -0.05) is 19.3 Å². The molecule has 1 heterocycles. The van der Waals surface area contributed by atoms with Crippen molar-refractivity contribution in [2.75, 3.05) is 13.6 Å². The number of aliphatic carboxylic acids is 1. The van der Waals surface area contributed by atoms with Crippen LogP contribution in [0, 0.1) is 5.92 Å². The Balaban J connectivity index is 2.05. The maximum atomic E-state index is 12.5. The number of sulfonamides is 1. The second-order valence-corrected chi connectivity index (χ2v) is 9.02. The van der Waals surface area contributed by atoms with Crippen molar-refractivity contribution in [2.45, 2.75) is 42.7 Å². The first-order valence-electron chi connectivity index (χ1n) is 7.16. The van der Waals surface area contributed by atoms with Crippen molar-refractivity contribution in [2.24, 2.45) is 5.92 Å². The number of carboxylic acids is 1. The van der Waals surface area contributed by atoms with Crippen LogP contribution in [0.4, 0.5) is 0 Å². The lowest BCUT2D eigenvalue weighted by atomic mass is 9.89. The van der Waals surface area contributed by atoms with E-state index < -0.39 is 16.0 Å². The summed E-state index contributed by atoms with van der Waals surface area (Å²) in [5, 5.41) is 8.75. The topological polar surface area (TPSA) is 74.7 Å². The second kappa shape index (κ2) is 6.89. The summed E-state index contributed by atoms with van der Waals surface area (Å²) >= 11 is 1.05. The van der Waals surface area contributed by atoms with E-state index in [4.69, 9.17) is 5.11 Å². The molecule has 0 saturated heterocycles. The largest absolute Gasteiger partial charge is 0.481 e. The van der Waals surface area contributed by atoms with Gasteiger partial charge < -0.3 is 5.11 Å². The molecule has 5 nitrogen and oxygen atoms in total. The molecule has 1 aliphatic carbocycles. The smallest absolute Gasteiger partial charge is 0.308 e. The van der Waals surface area contributed by atoms with Crippen LogP contribution in [0.15, 0.2) is 16.3 Å². The lowest BCUT2D eigenvalue weighted by Gasteiger charge is -2.26. The first kappa shape index (κ1) is 16.5. The molecule has 7 heteroatoms. The van der Waals surface area contributed by atoms with Crippen LogP contribution in [0.1, 0.15) is 37.0 Å². The third kappa shape index (κ3) is 4.28. The van der Waals surface area contributed by atoms with Crippen LogP contribution in [0.25, 0.3) is 0 Å². The molecular formula is C14H21NO4S2. The number of rotatable bonds is 6. The number of thiophene rings is 1. The van der Waals surface area contributed by atoms with Gasteiger partial charge in [-0.25, -0.2) is 8.42 Å². The first-order chi connectivity index (χ1) is 9.89. The van der Waals surface area contributed by atoms with Crippen LogP contribution in [-0.4, -0.2) is 37.4 Å². The van der Waals surface area contributed by atoms with E-state index >= 15 is 0 Å². The van der Waals surface area contributed by atoms with Gasteiger partial charge in [-0.15, -0.1) is 11.3 Å². The maximum absolute atomic E-state index is 12.5. The molecule has 0 atom stereocenters. The predicted molar refractivity (Wildman–Crippen MR) is 82.0 cm³/mol. The van der Waals surface area contributed by atoms with Crippen molar-refractivity contribution in [1.82, 2.24) is 4.31 Å². The average Bonchev–Trinajstić information content (AvgIpc) is 2.88. The van der Waals surface area contributed by atoms with E-state index in [1.165, 1.54) is 29.6 Å². The fourth-order valence-electron chi connectivity index (χ4n) is 2.73. The molecule has 1 N–H and O–H groups in total. The number of carbonyl (C=O) groups is 1. The highest BCUT2D eigenvalue weighted by molar-refractivity contribution is 7.91. The Kier molecular flexibility index (Phi) is 5.40. The monoisotopic (exact) mass is 331 g/mol. The van der Waals surface area contributed by atoms with Gasteiger partial charge >= 0.3 is 5.97 Å². The second-order valence-electron chi connectivity index (χ2n) is 5.58. The van der Waals surface area contributed by atoms with Gasteiger partial charge in [0, 0.05) is 18.5 Å². The van der Waals surface area contributed by atoms with Gasteiger partial charge in [0.2, 0.25) is 0 Å². The molecule has 1 fully saturated rings. The third-order valence-electron chi connectivity index (χ3n) is 3.87. The molecule has 0 spiro atoms. The van der Waals surface area contributed by atoms with E-state index in [0.717, 1.165) is 24.2 Å². The summed E-state index contributed by atoms with van der Waals surface area (Å²) < 4.78 is 26.6. The maximum Gasteiger partial charge on any atom is 0.308 e. The third-order valence-corrected chi connectivity index (χ3v) is 7.24. The highest BCUT2D eigenvalue weighted by Gasteiger charge is 2.26. The van der Waals surface area contributed by atoms with Crippen LogP contribution in [-0.2, 0) is 21.2 Å². The van der Waals surface area contributed by atoms with Crippen LogP contribution in [0.3, 0.4) is 0 Å². The van der Waals surface area contributed by atoms with E-state index in [1.807, 2.05) is 0 Å². The van der Waals surface area contributed by atoms with Crippen molar-refractivity contribution in [3.05, 3.63) is 17.0 Å². The van der Waals surface area contributed by atoms with E-state index in [0.29, 0.717) is 17.3 Å². The number of hydrogen-bond acceptors (Lipinski definition) is 4. The molecule has 0 aliphatic heterocycles. The zero-order valence-corrected chi connectivity index (χ0v) is 13.8. The van der Waals surface area contributed by atoms with Crippen LogP contribution in [0.2, 0.25) is 0 Å². The Morgan fingerprint density at radius 1 is 1.33 bits per heavy atom. The number of hydrogen-bond donors (Lipinski definition) is 1. The quantitative estimate of drug-likeness (QED) is 0.869. The van der Waals surface area contributed by atoms with Gasteiger partial charge in [0.15, 0.2) is 0 Å². The van der Waals surface area contributed by atoms with Crippen molar-refractivity contribution < 1.29 is 18.3 Å². The molecule has 118 valence electrons. The summed E-state index contributed by atoms with van der Waals surface area (Å²) in [6.45, 7) is 0.550. The summed E-state index contributed by atoms with van der Waals surface area (Å²) in [5.74, 6) is -0.506. The summed E-state index contributed by atoms with van der Waals surface area (Å²) in [5.41, 5.74) is 0. The van der Waals surface area contributed by atoms with E-state index in [9.17, 15) is 13.2 Å². The summed E-state index contributed by atoms with van der Waals surface area (Å²) in [7, 11) is -1.88. The molecule has 2 rings (SSSR count). The highest BCUT2D eigenvalue weighted by atomic mass is 32.2. The summed E-state index contributed by atoms with van der Waals surface area (Å²) in [4.78, 5) is 11.2. The average molecular weight is 331 g/mol. The summed E-state index contributed by atoms with van der Waals surface area (Å²) in [6, 6.07) is 3.09. The van der Waals surface area contributed by atoms with Gasteiger partial charge in [0.25, 0.3) is 10.0 Å². The molecule has 0 unspecified atom stereocenters. The highest BCUT2D eigenvalue weighted by Crippen LogP contribution is 2.28. The minimum absolute atomic E-state index is 0.132. The molecule has 0 amide bonds. The molecule has 0 bridgehead atoms. The van der Waals surface area contributed by atoms with Crippen LogP contribution in [0.5, 0.6) is 0 Å². The molecular weight excluding hydrogens is 310 g/mol. The van der Waals surface area contributed by atoms with Crippen molar-refractivity contribution in [3.63, 3.8) is 0 Å². The van der Waals surface area contributed by atoms with Gasteiger partial charge in [0.1, 0.15) is 4.21 Å². The molecule has 0 aromatic carbocycles. The zero-order chi connectivity index (χ0) is 15.5. The van der Waals surface area contributed by atoms with Gasteiger partial charge in [0.05, 0.1) is 6.42 Å². The fourth-order valence-corrected chi connectivity index (χ4v) is 5.53. The molecule has 0 radical (unpaired) electrons. The lowest BCUT2D eigenvalue weighted by Crippen LogP contribution is -2.32. The number of carboxylic acid groups (broad SMARTS) is 1. The molecule has 1 aromatic rings. The Hall–Kier alpha value is -0.920. The van der Waals surface area contributed by atoms with Crippen molar-refractivity contribution >= 4 is 27.3 Å². The zero-order valence-electron chi connectivity index (χ0n) is 12.1. The Morgan fingerprint density at radius 3 is 2.62 bits per heavy atom. The van der Waals surface area contributed by atoms with Crippen molar-refractivity contribution in [1.29, 1.82) is 0 Å². The van der Waals surface area contributed by atoms with Gasteiger partial charge in [-0.05, 0) is 30.9 Å². The minimum Gasteiger partial charge on any atom is -0.481 e. The molecule has 1 saturated carbocycles.